The molecule has 180 valence electrons. The van der Waals surface area contributed by atoms with Gasteiger partial charge in [0.25, 0.3) is 5.56 Å². The maximum atomic E-state index is 13.1. The minimum Gasteiger partial charge on any atom is -0.497 e. The van der Waals surface area contributed by atoms with Crippen molar-refractivity contribution in [1.29, 1.82) is 0 Å². The third kappa shape index (κ3) is 4.24. The molecule has 8 nitrogen and oxygen atoms in total. The molecule has 0 aliphatic rings. The van der Waals surface area contributed by atoms with Gasteiger partial charge in [-0.2, -0.15) is 0 Å². The SMILES string of the molecule is COc1ccc2c(Oc3ccc(CC(=O)c4c(C)n(C)n(-c5ccccc5)c4=O)nc3)ccnc2c1. The zero-order valence-corrected chi connectivity index (χ0v) is 20.1. The van der Waals surface area contributed by atoms with Crippen LogP contribution in [-0.2, 0) is 13.5 Å². The van der Waals surface area contributed by atoms with Crippen molar-refractivity contribution in [1.82, 2.24) is 19.3 Å². The number of pyridine rings is 2. The number of para-hydroxylation sites is 1. The van der Waals surface area contributed by atoms with Crippen LogP contribution in [0.1, 0.15) is 21.7 Å². The maximum absolute atomic E-state index is 13.1. The number of fused-ring (bicyclic) bond motifs is 1. The lowest BCUT2D eigenvalue weighted by Crippen LogP contribution is -2.23. The van der Waals surface area contributed by atoms with Gasteiger partial charge in [0, 0.05) is 36.1 Å². The molecule has 0 saturated heterocycles. The summed E-state index contributed by atoms with van der Waals surface area (Å²) >= 11 is 0. The highest BCUT2D eigenvalue weighted by Crippen LogP contribution is 2.30. The molecule has 5 rings (SSSR count). The van der Waals surface area contributed by atoms with Crippen LogP contribution in [0.5, 0.6) is 17.2 Å². The molecule has 3 aromatic heterocycles. The van der Waals surface area contributed by atoms with Gasteiger partial charge in [-0.15, -0.1) is 0 Å². The summed E-state index contributed by atoms with van der Waals surface area (Å²) in [7, 11) is 3.38. The van der Waals surface area contributed by atoms with Crippen molar-refractivity contribution in [3.05, 3.63) is 106 Å². The van der Waals surface area contributed by atoms with Crippen LogP contribution in [-0.4, -0.2) is 32.2 Å². The summed E-state index contributed by atoms with van der Waals surface area (Å²) in [5.74, 6) is 1.59. The molecule has 0 amide bonds. The summed E-state index contributed by atoms with van der Waals surface area (Å²) in [4.78, 5) is 35.0. The van der Waals surface area contributed by atoms with Crippen molar-refractivity contribution in [2.45, 2.75) is 13.3 Å². The minimum absolute atomic E-state index is 0.00709. The second-order valence-electron chi connectivity index (χ2n) is 8.32. The molecule has 0 radical (unpaired) electrons. The Morgan fingerprint density at radius 1 is 0.972 bits per heavy atom. The van der Waals surface area contributed by atoms with Crippen molar-refractivity contribution in [2.24, 2.45) is 7.05 Å². The van der Waals surface area contributed by atoms with E-state index in [4.69, 9.17) is 9.47 Å². The molecule has 0 atom stereocenters. The summed E-state index contributed by atoms with van der Waals surface area (Å²) in [6.45, 7) is 1.77. The number of hydrogen-bond donors (Lipinski definition) is 0. The molecule has 0 bridgehead atoms. The van der Waals surface area contributed by atoms with Crippen molar-refractivity contribution in [3.63, 3.8) is 0 Å². The number of rotatable bonds is 7. The molecular weight excluding hydrogens is 456 g/mol. The quantitative estimate of drug-likeness (QED) is 0.315. The van der Waals surface area contributed by atoms with Crippen LogP contribution in [0.3, 0.4) is 0 Å². The minimum atomic E-state index is -0.340. The van der Waals surface area contributed by atoms with Crippen LogP contribution in [0.2, 0.25) is 0 Å². The largest absolute Gasteiger partial charge is 0.497 e. The number of carbonyl (C=O) groups excluding carboxylic acids is 1. The van der Waals surface area contributed by atoms with E-state index < -0.39 is 0 Å². The monoisotopic (exact) mass is 480 g/mol. The number of carbonyl (C=O) groups is 1. The van der Waals surface area contributed by atoms with E-state index in [9.17, 15) is 9.59 Å². The Balaban J connectivity index is 1.36. The van der Waals surface area contributed by atoms with Gasteiger partial charge in [0.05, 0.1) is 30.9 Å². The van der Waals surface area contributed by atoms with E-state index in [2.05, 4.69) is 9.97 Å². The van der Waals surface area contributed by atoms with Gasteiger partial charge in [-0.05, 0) is 49.4 Å². The Labute approximate surface area is 207 Å². The predicted molar refractivity (Wildman–Crippen MR) is 136 cm³/mol. The summed E-state index contributed by atoms with van der Waals surface area (Å²) in [6, 6.07) is 20.1. The molecule has 0 aliphatic carbocycles. The molecular formula is C28H24N4O4. The van der Waals surface area contributed by atoms with Crippen LogP contribution in [0.15, 0.2) is 83.9 Å². The smallest absolute Gasteiger partial charge is 0.282 e. The topological polar surface area (TPSA) is 88.2 Å². The van der Waals surface area contributed by atoms with Gasteiger partial charge in [0.15, 0.2) is 5.78 Å². The predicted octanol–water partition coefficient (Wildman–Crippen LogP) is 4.65. The number of aromatic nitrogens is 4. The zero-order chi connectivity index (χ0) is 25.2. The van der Waals surface area contributed by atoms with Gasteiger partial charge in [-0.25, -0.2) is 4.68 Å². The molecule has 0 fully saturated rings. The van der Waals surface area contributed by atoms with Crippen LogP contribution < -0.4 is 15.0 Å². The van der Waals surface area contributed by atoms with Crippen LogP contribution in [0.25, 0.3) is 16.6 Å². The Morgan fingerprint density at radius 2 is 1.75 bits per heavy atom. The highest BCUT2D eigenvalue weighted by molar-refractivity contribution is 5.98. The molecule has 0 unspecified atom stereocenters. The van der Waals surface area contributed by atoms with E-state index in [1.807, 2.05) is 48.5 Å². The summed E-state index contributed by atoms with van der Waals surface area (Å²) in [5.41, 5.74) is 2.44. The number of nitrogens with zero attached hydrogens (tertiary/aromatic N) is 4. The molecule has 8 heteroatoms. The average molecular weight is 481 g/mol. The van der Waals surface area contributed by atoms with E-state index in [-0.39, 0.29) is 23.3 Å². The highest BCUT2D eigenvalue weighted by atomic mass is 16.5. The normalized spacial score (nSPS) is 11.0. The molecule has 0 N–H and O–H groups in total. The Bertz CT molecular complexity index is 1620. The summed E-state index contributed by atoms with van der Waals surface area (Å²) < 4.78 is 14.5. The fourth-order valence-corrected chi connectivity index (χ4v) is 4.16. The zero-order valence-electron chi connectivity index (χ0n) is 20.1. The standard InChI is InChI=1S/C28H24N4O4/c1-18-27(28(34)32(31(18)2)20-7-5-4-6-8-20)25(33)15-19-9-10-22(17-30-19)36-26-13-14-29-24-16-21(35-3)11-12-23(24)26/h4-14,16-17H,15H2,1-3H3. The third-order valence-corrected chi connectivity index (χ3v) is 6.11. The van der Waals surface area contributed by atoms with Gasteiger partial charge in [0.2, 0.25) is 0 Å². The molecule has 0 saturated carbocycles. The fourth-order valence-electron chi connectivity index (χ4n) is 4.16. The maximum Gasteiger partial charge on any atom is 0.282 e. The molecule has 2 aromatic carbocycles. The van der Waals surface area contributed by atoms with Gasteiger partial charge < -0.3 is 9.47 Å². The van der Waals surface area contributed by atoms with E-state index in [0.29, 0.717) is 34.3 Å². The first-order valence-corrected chi connectivity index (χ1v) is 11.4. The lowest BCUT2D eigenvalue weighted by atomic mass is 10.1. The fraction of sp³-hybridized carbons (Fsp3) is 0.143. The Hall–Kier alpha value is -4.72. The molecule has 0 aliphatic heterocycles. The Morgan fingerprint density at radius 3 is 2.47 bits per heavy atom. The van der Waals surface area contributed by atoms with Crippen LogP contribution in [0, 0.1) is 6.92 Å². The first kappa shape index (κ1) is 23.0. The lowest BCUT2D eigenvalue weighted by molar-refractivity contribution is 0.0990. The molecule has 3 heterocycles. The van der Waals surface area contributed by atoms with E-state index in [0.717, 1.165) is 10.9 Å². The van der Waals surface area contributed by atoms with E-state index in [1.165, 1.54) is 4.68 Å². The first-order valence-electron chi connectivity index (χ1n) is 11.4. The number of Topliss-reactive ketones (excluding diaryl/α,β-unsaturated/α-hetero) is 1. The van der Waals surface area contributed by atoms with Gasteiger partial charge in [-0.3, -0.25) is 24.2 Å². The van der Waals surface area contributed by atoms with Gasteiger partial charge in [0.1, 0.15) is 22.8 Å². The van der Waals surface area contributed by atoms with Crippen LogP contribution >= 0.6 is 0 Å². The number of ether oxygens (including phenoxy) is 2. The van der Waals surface area contributed by atoms with Crippen molar-refractivity contribution < 1.29 is 14.3 Å². The molecule has 0 spiro atoms. The summed E-state index contributed by atoms with van der Waals surface area (Å²) in [5, 5.41) is 0.840. The Kier molecular flexibility index (Phi) is 6.08. The van der Waals surface area contributed by atoms with Crippen molar-refractivity contribution in [2.75, 3.05) is 7.11 Å². The highest BCUT2D eigenvalue weighted by Gasteiger charge is 2.22. The number of hydrogen-bond acceptors (Lipinski definition) is 6. The second kappa shape index (κ2) is 9.50. The number of ketones is 1. The third-order valence-electron chi connectivity index (χ3n) is 6.11. The lowest BCUT2D eigenvalue weighted by Gasteiger charge is -2.09. The number of methoxy groups -OCH3 is 1. The van der Waals surface area contributed by atoms with Crippen molar-refractivity contribution >= 4 is 16.7 Å². The van der Waals surface area contributed by atoms with Gasteiger partial charge in [-0.1, -0.05) is 18.2 Å². The second-order valence-corrected chi connectivity index (χ2v) is 8.32. The number of benzene rings is 2. The first-order chi connectivity index (χ1) is 17.5. The van der Waals surface area contributed by atoms with E-state index >= 15 is 0 Å². The van der Waals surface area contributed by atoms with Crippen molar-refractivity contribution in [3.8, 4) is 22.9 Å². The molecule has 36 heavy (non-hydrogen) atoms. The van der Waals surface area contributed by atoms with Crippen LogP contribution in [0.4, 0.5) is 0 Å². The molecule has 5 aromatic rings. The van der Waals surface area contributed by atoms with E-state index in [1.54, 1.807) is 56.4 Å². The summed E-state index contributed by atoms with van der Waals surface area (Å²) in [6.07, 6.45) is 3.24. The average Bonchev–Trinajstić information content (AvgIpc) is 3.13. The van der Waals surface area contributed by atoms with Gasteiger partial charge >= 0.3 is 0 Å².